The van der Waals surface area contributed by atoms with E-state index in [9.17, 15) is 4.79 Å². The zero-order chi connectivity index (χ0) is 19.7. The molecule has 6 heteroatoms. The van der Waals surface area contributed by atoms with Crippen LogP contribution in [0.5, 0.6) is 0 Å². The Bertz CT molecular complexity index is 1040. The van der Waals surface area contributed by atoms with Gasteiger partial charge in [0.05, 0.1) is 0 Å². The van der Waals surface area contributed by atoms with Gasteiger partial charge >= 0.3 is 0 Å². The molecule has 1 amide bonds. The van der Waals surface area contributed by atoms with Crippen molar-refractivity contribution in [1.82, 2.24) is 15.3 Å². The fourth-order valence-corrected chi connectivity index (χ4v) is 3.82. The Kier molecular flexibility index (Phi) is 5.01. The molecule has 0 spiro atoms. The van der Waals surface area contributed by atoms with Gasteiger partial charge < -0.3 is 10.2 Å². The molecular weight excluding hydrogens is 372 g/mol. The molecule has 1 atom stereocenters. The summed E-state index contributed by atoms with van der Waals surface area (Å²) in [4.78, 5) is 23.8. The first-order chi connectivity index (χ1) is 13.5. The lowest BCUT2D eigenvalue weighted by Gasteiger charge is -2.24. The van der Waals surface area contributed by atoms with Gasteiger partial charge in [0.15, 0.2) is 0 Å². The van der Waals surface area contributed by atoms with E-state index in [2.05, 4.69) is 39.2 Å². The Labute approximate surface area is 169 Å². The minimum Gasteiger partial charge on any atom is -0.347 e. The number of anilines is 2. The van der Waals surface area contributed by atoms with E-state index in [1.54, 1.807) is 13.0 Å². The van der Waals surface area contributed by atoms with Crippen molar-refractivity contribution in [2.45, 2.75) is 32.9 Å². The van der Waals surface area contributed by atoms with Crippen LogP contribution in [-0.4, -0.2) is 21.9 Å². The number of benzene rings is 2. The summed E-state index contributed by atoms with van der Waals surface area (Å²) in [6, 6.07) is 17.8. The molecule has 1 unspecified atom stereocenters. The standard InChI is InChI=1S/C22H21ClN4O/c1-14-11-16-7-4-6-10-20(16)27(14)21-12-19(25-15(2)26-21)22(28)24-13-17-8-3-5-9-18(17)23/h3-10,12,14H,11,13H2,1-2H3,(H,24,28). The van der Waals surface area contributed by atoms with Gasteiger partial charge in [-0.25, -0.2) is 9.97 Å². The van der Waals surface area contributed by atoms with Gasteiger partial charge in [-0.05, 0) is 43.5 Å². The molecule has 28 heavy (non-hydrogen) atoms. The first-order valence-electron chi connectivity index (χ1n) is 9.27. The quantitative estimate of drug-likeness (QED) is 0.712. The van der Waals surface area contributed by atoms with Crippen LogP contribution in [0.3, 0.4) is 0 Å². The van der Waals surface area contributed by atoms with Crippen LogP contribution < -0.4 is 10.2 Å². The summed E-state index contributed by atoms with van der Waals surface area (Å²) < 4.78 is 0. The number of rotatable bonds is 4. The second-order valence-corrected chi connectivity index (χ2v) is 7.39. The van der Waals surface area contributed by atoms with Crippen LogP contribution in [0.1, 0.15) is 34.4 Å². The number of hydrogen-bond acceptors (Lipinski definition) is 4. The molecule has 1 aliphatic rings. The van der Waals surface area contributed by atoms with Crippen LogP contribution >= 0.6 is 11.6 Å². The van der Waals surface area contributed by atoms with E-state index >= 15 is 0 Å². The summed E-state index contributed by atoms with van der Waals surface area (Å²) in [6.07, 6.45) is 0.952. The smallest absolute Gasteiger partial charge is 0.270 e. The van der Waals surface area contributed by atoms with Crippen LogP contribution in [0.4, 0.5) is 11.5 Å². The maximum Gasteiger partial charge on any atom is 0.270 e. The zero-order valence-corrected chi connectivity index (χ0v) is 16.6. The average molecular weight is 393 g/mol. The number of aryl methyl sites for hydroxylation is 1. The molecule has 2 heterocycles. The highest BCUT2D eigenvalue weighted by Crippen LogP contribution is 2.37. The molecule has 5 nitrogen and oxygen atoms in total. The summed E-state index contributed by atoms with van der Waals surface area (Å²) in [7, 11) is 0. The highest BCUT2D eigenvalue weighted by Gasteiger charge is 2.28. The highest BCUT2D eigenvalue weighted by atomic mass is 35.5. The van der Waals surface area contributed by atoms with Crippen molar-refractivity contribution in [3.63, 3.8) is 0 Å². The number of hydrogen-bond donors (Lipinski definition) is 1. The molecule has 2 aromatic carbocycles. The Balaban J connectivity index is 1.59. The van der Waals surface area contributed by atoms with Gasteiger partial charge in [-0.3, -0.25) is 4.79 Å². The van der Waals surface area contributed by atoms with Crippen LogP contribution in [0.2, 0.25) is 5.02 Å². The number of aromatic nitrogens is 2. The number of para-hydroxylation sites is 1. The molecule has 1 N–H and O–H groups in total. The van der Waals surface area contributed by atoms with Crippen molar-refractivity contribution in [1.29, 1.82) is 0 Å². The number of nitrogens with zero attached hydrogens (tertiary/aromatic N) is 3. The molecular formula is C22H21ClN4O. The zero-order valence-electron chi connectivity index (χ0n) is 15.8. The van der Waals surface area contributed by atoms with E-state index in [4.69, 9.17) is 11.6 Å². The number of halogens is 1. The van der Waals surface area contributed by atoms with Gasteiger partial charge in [-0.2, -0.15) is 0 Å². The van der Waals surface area contributed by atoms with Gasteiger partial charge in [0, 0.05) is 29.4 Å². The maximum atomic E-state index is 12.7. The third-order valence-electron chi connectivity index (χ3n) is 4.91. The van der Waals surface area contributed by atoms with E-state index in [1.807, 2.05) is 36.4 Å². The number of fused-ring (bicyclic) bond motifs is 1. The van der Waals surface area contributed by atoms with Gasteiger partial charge in [-0.1, -0.05) is 48.0 Å². The Morgan fingerprint density at radius 1 is 1.18 bits per heavy atom. The number of carbonyl (C=O) groups excluding carboxylic acids is 1. The Morgan fingerprint density at radius 2 is 1.93 bits per heavy atom. The van der Waals surface area contributed by atoms with E-state index in [-0.39, 0.29) is 11.9 Å². The molecule has 4 rings (SSSR count). The second-order valence-electron chi connectivity index (χ2n) is 6.98. The van der Waals surface area contributed by atoms with Crippen molar-refractivity contribution in [3.8, 4) is 0 Å². The SMILES string of the molecule is Cc1nc(C(=O)NCc2ccccc2Cl)cc(N2c3ccccc3CC2C)n1. The van der Waals surface area contributed by atoms with Crippen LogP contribution in [0, 0.1) is 6.92 Å². The molecule has 0 saturated heterocycles. The third-order valence-corrected chi connectivity index (χ3v) is 5.28. The van der Waals surface area contributed by atoms with Gasteiger partial charge in [0.1, 0.15) is 17.3 Å². The van der Waals surface area contributed by atoms with Crippen LogP contribution in [0.15, 0.2) is 54.6 Å². The van der Waals surface area contributed by atoms with Crippen LogP contribution in [-0.2, 0) is 13.0 Å². The lowest BCUT2D eigenvalue weighted by atomic mass is 10.1. The summed E-state index contributed by atoms with van der Waals surface area (Å²) >= 11 is 6.17. The van der Waals surface area contributed by atoms with Crippen molar-refractivity contribution in [3.05, 3.63) is 82.3 Å². The maximum absolute atomic E-state index is 12.7. The van der Waals surface area contributed by atoms with Crippen molar-refractivity contribution in [2.75, 3.05) is 4.90 Å². The average Bonchev–Trinajstić information content (AvgIpc) is 3.02. The minimum absolute atomic E-state index is 0.244. The van der Waals surface area contributed by atoms with E-state index in [0.717, 1.165) is 23.5 Å². The highest BCUT2D eigenvalue weighted by molar-refractivity contribution is 6.31. The molecule has 0 radical (unpaired) electrons. The van der Waals surface area contributed by atoms with Gasteiger partial charge in [0.2, 0.25) is 0 Å². The Morgan fingerprint density at radius 3 is 2.75 bits per heavy atom. The second kappa shape index (κ2) is 7.60. The summed E-state index contributed by atoms with van der Waals surface area (Å²) in [6.45, 7) is 4.31. The van der Waals surface area contributed by atoms with Crippen molar-refractivity contribution >= 4 is 29.0 Å². The fourth-order valence-electron chi connectivity index (χ4n) is 3.61. The predicted octanol–water partition coefficient (Wildman–Crippen LogP) is 4.45. The molecule has 1 aliphatic heterocycles. The minimum atomic E-state index is -0.244. The number of amides is 1. The largest absolute Gasteiger partial charge is 0.347 e. The van der Waals surface area contributed by atoms with E-state index < -0.39 is 0 Å². The first-order valence-corrected chi connectivity index (χ1v) is 9.65. The van der Waals surface area contributed by atoms with E-state index in [0.29, 0.717) is 23.1 Å². The van der Waals surface area contributed by atoms with Crippen molar-refractivity contribution < 1.29 is 4.79 Å². The molecule has 0 aliphatic carbocycles. The van der Waals surface area contributed by atoms with Gasteiger partial charge in [0.25, 0.3) is 5.91 Å². The number of carbonyl (C=O) groups is 1. The third kappa shape index (κ3) is 3.58. The molecule has 142 valence electrons. The van der Waals surface area contributed by atoms with E-state index in [1.165, 1.54) is 5.56 Å². The topological polar surface area (TPSA) is 58.1 Å². The monoisotopic (exact) mass is 392 g/mol. The Hall–Kier alpha value is -2.92. The molecule has 0 saturated carbocycles. The van der Waals surface area contributed by atoms with Crippen molar-refractivity contribution in [2.24, 2.45) is 0 Å². The summed E-state index contributed by atoms with van der Waals surface area (Å²) in [5.41, 5.74) is 3.64. The lowest BCUT2D eigenvalue weighted by Crippen LogP contribution is -2.28. The predicted molar refractivity (Wildman–Crippen MR) is 111 cm³/mol. The summed E-state index contributed by atoms with van der Waals surface area (Å²) in [5, 5.41) is 3.53. The molecule has 0 bridgehead atoms. The van der Waals surface area contributed by atoms with Gasteiger partial charge in [-0.15, -0.1) is 0 Å². The normalized spacial score (nSPS) is 15.4. The number of nitrogens with one attached hydrogen (secondary N) is 1. The first kappa shape index (κ1) is 18.4. The summed E-state index contributed by atoms with van der Waals surface area (Å²) in [5.74, 6) is 1.07. The molecule has 0 fully saturated rings. The van der Waals surface area contributed by atoms with Crippen LogP contribution in [0.25, 0.3) is 0 Å². The fraction of sp³-hybridized carbons (Fsp3) is 0.227. The molecule has 3 aromatic rings. The molecule has 1 aromatic heterocycles. The lowest BCUT2D eigenvalue weighted by molar-refractivity contribution is 0.0945.